The van der Waals surface area contributed by atoms with E-state index in [-0.39, 0.29) is 40.5 Å². The van der Waals surface area contributed by atoms with Crippen LogP contribution in [0, 0.1) is 6.92 Å². The minimum absolute atomic E-state index is 0.0192. The van der Waals surface area contributed by atoms with Crippen LogP contribution in [0.15, 0.2) is 108 Å². The summed E-state index contributed by atoms with van der Waals surface area (Å²) in [6.45, 7) is 1.53. The van der Waals surface area contributed by atoms with E-state index in [0.29, 0.717) is 5.75 Å². The van der Waals surface area contributed by atoms with Crippen LogP contribution < -0.4 is 14.4 Å². The van der Waals surface area contributed by atoms with E-state index in [1.54, 1.807) is 30.3 Å². The van der Waals surface area contributed by atoms with Crippen molar-refractivity contribution in [1.29, 1.82) is 0 Å². The summed E-state index contributed by atoms with van der Waals surface area (Å²) in [4.78, 5) is 30.5. The zero-order valence-corrected chi connectivity index (χ0v) is 28.9. The zero-order valence-electron chi connectivity index (χ0n) is 27.3. The van der Waals surface area contributed by atoms with Crippen molar-refractivity contribution in [2.45, 2.75) is 69.0 Å². The Balaban J connectivity index is 1.57. The van der Waals surface area contributed by atoms with E-state index in [4.69, 9.17) is 16.3 Å². The molecular formula is C38H42ClN3O5S. The molecule has 252 valence electrons. The largest absolute Gasteiger partial charge is 0.495 e. The van der Waals surface area contributed by atoms with Gasteiger partial charge in [0.2, 0.25) is 11.8 Å². The summed E-state index contributed by atoms with van der Waals surface area (Å²) in [5, 5.41) is 3.43. The molecule has 5 rings (SSSR count). The summed E-state index contributed by atoms with van der Waals surface area (Å²) in [6, 6.07) is 29.0. The molecular weight excluding hydrogens is 646 g/mol. The van der Waals surface area contributed by atoms with Crippen molar-refractivity contribution in [1.82, 2.24) is 10.2 Å². The molecule has 0 saturated heterocycles. The molecule has 8 nitrogen and oxygen atoms in total. The lowest BCUT2D eigenvalue weighted by Gasteiger charge is -2.35. The number of anilines is 1. The van der Waals surface area contributed by atoms with Crippen LogP contribution in [0.25, 0.3) is 0 Å². The number of nitrogens with one attached hydrogen (secondary N) is 1. The summed E-state index contributed by atoms with van der Waals surface area (Å²) < 4.78 is 34.8. The molecule has 1 N–H and O–H groups in total. The number of hydrogen-bond donors (Lipinski definition) is 1. The number of benzene rings is 4. The normalized spacial score (nSPS) is 14.1. The third-order valence-electron chi connectivity index (χ3n) is 8.73. The molecule has 4 aromatic carbocycles. The number of carbonyl (C=O) groups excluding carboxylic acids is 2. The fourth-order valence-electron chi connectivity index (χ4n) is 6.05. The summed E-state index contributed by atoms with van der Waals surface area (Å²) in [6.07, 6.45) is 5.25. The van der Waals surface area contributed by atoms with Crippen LogP contribution in [-0.2, 0) is 32.6 Å². The summed E-state index contributed by atoms with van der Waals surface area (Å²) in [5.41, 5.74) is 2.96. The number of amides is 2. The maximum atomic E-state index is 14.7. The first-order valence-electron chi connectivity index (χ1n) is 16.3. The molecule has 0 heterocycles. The van der Waals surface area contributed by atoms with E-state index < -0.39 is 28.5 Å². The van der Waals surface area contributed by atoms with Crippen molar-refractivity contribution in [2.75, 3.05) is 18.0 Å². The van der Waals surface area contributed by atoms with Gasteiger partial charge in [-0.3, -0.25) is 13.9 Å². The van der Waals surface area contributed by atoms with Crippen molar-refractivity contribution < 1.29 is 22.7 Å². The van der Waals surface area contributed by atoms with E-state index in [1.807, 2.05) is 61.5 Å². The van der Waals surface area contributed by atoms with Crippen LogP contribution in [0.3, 0.4) is 0 Å². The first-order chi connectivity index (χ1) is 23.2. The van der Waals surface area contributed by atoms with E-state index in [0.717, 1.165) is 53.1 Å². The fourth-order valence-corrected chi connectivity index (χ4v) is 7.73. The van der Waals surface area contributed by atoms with Crippen LogP contribution >= 0.6 is 11.6 Å². The van der Waals surface area contributed by atoms with Gasteiger partial charge < -0.3 is 15.0 Å². The Morgan fingerprint density at radius 3 is 2.15 bits per heavy atom. The van der Waals surface area contributed by atoms with Crippen molar-refractivity contribution in [3.8, 4) is 5.75 Å². The molecule has 10 heteroatoms. The Hall–Kier alpha value is -4.34. The molecule has 0 aliphatic heterocycles. The Bertz CT molecular complexity index is 1780. The van der Waals surface area contributed by atoms with Crippen LogP contribution in [0.4, 0.5) is 5.69 Å². The number of sulfonamides is 1. The molecule has 1 aliphatic carbocycles. The smallest absolute Gasteiger partial charge is 0.264 e. The van der Waals surface area contributed by atoms with Crippen LogP contribution in [0.1, 0.15) is 48.8 Å². The highest BCUT2D eigenvalue weighted by molar-refractivity contribution is 7.92. The number of halogens is 1. The van der Waals surface area contributed by atoms with Gasteiger partial charge >= 0.3 is 0 Å². The standard InChI is InChI=1S/C38H42ClN3O5S/c1-28-18-20-30(21-19-28)26-41(35(24-29-12-6-3-7-13-29)38(44)40-31-14-8-4-9-15-31)37(43)27-42(32-22-23-36(47-2)34(39)25-32)48(45,46)33-16-10-5-11-17-33/h3,5-7,10-13,16-23,25,31,35H,4,8-9,14-15,24,26-27H2,1-2H3,(H,40,44)/t35-/m0/s1. The average Bonchev–Trinajstić information content (AvgIpc) is 3.10. The van der Waals surface area contributed by atoms with Gasteiger partial charge in [0.25, 0.3) is 10.0 Å². The summed E-state index contributed by atoms with van der Waals surface area (Å²) in [7, 11) is -2.77. The molecule has 1 fully saturated rings. The maximum absolute atomic E-state index is 14.7. The van der Waals surface area contributed by atoms with Crippen LogP contribution in [-0.4, -0.2) is 50.9 Å². The lowest BCUT2D eigenvalue weighted by atomic mass is 9.94. The number of rotatable bonds is 13. The van der Waals surface area contributed by atoms with E-state index in [2.05, 4.69) is 5.32 Å². The van der Waals surface area contributed by atoms with Crippen molar-refractivity contribution in [3.63, 3.8) is 0 Å². The molecule has 0 unspecified atom stereocenters. The number of carbonyl (C=O) groups is 2. The first kappa shape index (κ1) is 35.0. The van der Waals surface area contributed by atoms with Crippen molar-refractivity contribution in [2.24, 2.45) is 0 Å². The van der Waals surface area contributed by atoms with Crippen molar-refractivity contribution >= 4 is 39.1 Å². The monoisotopic (exact) mass is 687 g/mol. The lowest BCUT2D eigenvalue weighted by Crippen LogP contribution is -2.55. The Morgan fingerprint density at radius 1 is 0.875 bits per heavy atom. The van der Waals surface area contributed by atoms with Crippen LogP contribution in [0.2, 0.25) is 5.02 Å². The van der Waals surface area contributed by atoms with Gasteiger partial charge in [-0.2, -0.15) is 0 Å². The minimum atomic E-state index is -4.24. The number of methoxy groups -OCH3 is 1. The molecule has 48 heavy (non-hydrogen) atoms. The molecule has 1 atom stereocenters. The Morgan fingerprint density at radius 2 is 1.52 bits per heavy atom. The molecule has 0 aromatic heterocycles. The summed E-state index contributed by atoms with van der Waals surface area (Å²) >= 11 is 6.47. The number of hydrogen-bond acceptors (Lipinski definition) is 5. The molecule has 2 amide bonds. The SMILES string of the molecule is COc1ccc(N(CC(=O)N(Cc2ccc(C)cc2)[C@@H](Cc2ccccc2)C(=O)NC2CCCCC2)S(=O)(=O)c2ccccc2)cc1Cl. The highest BCUT2D eigenvalue weighted by Crippen LogP contribution is 2.32. The molecule has 1 aliphatic rings. The van der Waals surface area contributed by atoms with E-state index in [9.17, 15) is 18.0 Å². The maximum Gasteiger partial charge on any atom is 0.264 e. The van der Waals surface area contributed by atoms with Crippen molar-refractivity contribution in [3.05, 3.63) is 125 Å². The number of nitrogens with zero attached hydrogens (tertiary/aromatic N) is 2. The van der Waals surface area contributed by atoms with Gasteiger partial charge in [0.05, 0.1) is 22.7 Å². The third kappa shape index (κ3) is 8.76. The second-order valence-corrected chi connectivity index (χ2v) is 14.5. The molecule has 1 saturated carbocycles. The molecule has 4 aromatic rings. The quantitative estimate of drug-likeness (QED) is 0.164. The minimum Gasteiger partial charge on any atom is -0.495 e. The van der Waals surface area contributed by atoms with Crippen LogP contribution in [0.5, 0.6) is 5.75 Å². The molecule has 0 radical (unpaired) electrons. The molecule has 0 spiro atoms. The third-order valence-corrected chi connectivity index (χ3v) is 10.8. The van der Waals surface area contributed by atoms with Gasteiger partial charge in [-0.05, 0) is 61.2 Å². The first-order valence-corrected chi connectivity index (χ1v) is 18.1. The predicted octanol–water partition coefficient (Wildman–Crippen LogP) is 6.94. The zero-order chi connectivity index (χ0) is 34.1. The van der Waals surface area contributed by atoms with Gasteiger partial charge in [-0.15, -0.1) is 0 Å². The number of ether oxygens (including phenoxy) is 1. The fraction of sp³-hybridized carbons (Fsp3) is 0.316. The topological polar surface area (TPSA) is 96.0 Å². The predicted molar refractivity (Wildman–Crippen MR) is 190 cm³/mol. The molecule has 0 bridgehead atoms. The van der Waals surface area contributed by atoms with Gasteiger partial charge in [-0.1, -0.05) is 109 Å². The summed E-state index contributed by atoms with van der Waals surface area (Å²) in [5.74, 6) is -0.412. The van der Waals surface area contributed by atoms with Gasteiger partial charge in [0, 0.05) is 19.0 Å². The number of aryl methyl sites for hydroxylation is 1. The highest BCUT2D eigenvalue weighted by atomic mass is 35.5. The van der Waals surface area contributed by atoms with Gasteiger partial charge in [0.1, 0.15) is 18.3 Å². The second kappa shape index (κ2) is 16.2. The Kier molecular flexibility index (Phi) is 11.8. The van der Waals surface area contributed by atoms with Gasteiger partial charge in [0.15, 0.2) is 0 Å². The highest BCUT2D eigenvalue weighted by Gasteiger charge is 2.35. The van der Waals surface area contributed by atoms with E-state index >= 15 is 0 Å². The van der Waals surface area contributed by atoms with E-state index in [1.165, 1.54) is 30.2 Å². The lowest BCUT2D eigenvalue weighted by molar-refractivity contribution is -0.140. The average molecular weight is 688 g/mol. The second-order valence-electron chi connectivity index (χ2n) is 12.2. The Labute approximate surface area is 288 Å². The van der Waals surface area contributed by atoms with Gasteiger partial charge in [-0.25, -0.2) is 8.42 Å².